The van der Waals surface area contributed by atoms with Crippen LogP contribution in [0.4, 0.5) is 8.78 Å². The van der Waals surface area contributed by atoms with Gasteiger partial charge >= 0.3 is 5.97 Å². The van der Waals surface area contributed by atoms with Crippen LogP contribution in [-0.2, 0) is 6.42 Å². The van der Waals surface area contributed by atoms with Crippen molar-refractivity contribution in [2.45, 2.75) is 18.9 Å². The van der Waals surface area contributed by atoms with Crippen molar-refractivity contribution >= 4 is 30.0 Å². The number of rotatable bonds is 5. The van der Waals surface area contributed by atoms with Crippen LogP contribution < -0.4 is 5.56 Å². The van der Waals surface area contributed by atoms with Crippen LogP contribution in [0.15, 0.2) is 59.8 Å². The minimum absolute atomic E-state index is 0. The highest BCUT2D eigenvalue weighted by atomic mass is 35.5. The number of carboxylic acid groups (broad SMARTS) is 1. The zero-order chi connectivity index (χ0) is 26.6. The number of aromatic amines is 1. The summed E-state index contributed by atoms with van der Waals surface area (Å²) in [5.74, 6) is -3.70. The second-order valence-corrected chi connectivity index (χ2v) is 9.12. The number of H-pyrrole nitrogens is 1. The molecule has 1 atom stereocenters. The Bertz CT molecular complexity index is 1790. The van der Waals surface area contributed by atoms with E-state index >= 15 is 0 Å². The number of imidazole rings is 1. The smallest absolute Gasteiger partial charge is 0.341 e. The van der Waals surface area contributed by atoms with Crippen LogP contribution in [0.2, 0.25) is 5.02 Å². The number of pyridine rings is 1. The molecule has 198 valence electrons. The number of benzene rings is 2. The van der Waals surface area contributed by atoms with Crippen LogP contribution in [0.25, 0.3) is 28.1 Å². The quantitative estimate of drug-likeness (QED) is 0.318. The number of nitrogens with one attached hydrogen (secondary N) is 1. The Hall–Kier alpha value is -4.42. The van der Waals surface area contributed by atoms with Crippen molar-refractivity contribution in [3.8, 4) is 28.1 Å². The molecule has 0 radical (unpaired) electrons. The van der Waals surface area contributed by atoms with Gasteiger partial charge in [0.1, 0.15) is 29.3 Å². The van der Waals surface area contributed by atoms with E-state index in [0.717, 1.165) is 17.8 Å². The van der Waals surface area contributed by atoms with Gasteiger partial charge in [-0.15, -0.1) is 17.5 Å². The summed E-state index contributed by atoms with van der Waals surface area (Å²) in [6.07, 6.45) is 3.89. The third kappa shape index (κ3) is 4.47. The Balaban J connectivity index is 0.00000308. The average Bonchev–Trinajstić information content (AvgIpc) is 3.64. The van der Waals surface area contributed by atoms with Gasteiger partial charge in [0, 0.05) is 27.9 Å². The van der Waals surface area contributed by atoms with E-state index in [1.807, 2.05) is 6.07 Å². The first-order chi connectivity index (χ1) is 18.3. The Morgan fingerprint density at radius 1 is 1.13 bits per heavy atom. The normalized spacial score (nSPS) is 14.2. The minimum Gasteiger partial charge on any atom is -0.477 e. The largest absolute Gasteiger partial charge is 0.477 e. The van der Waals surface area contributed by atoms with E-state index in [0.29, 0.717) is 40.5 Å². The summed E-state index contributed by atoms with van der Waals surface area (Å²) in [7, 11) is 0. The fourth-order valence-corrected chi connectivity index (χ4v) is 4.99. The summed E-state index contributed by atoms with van der Waals surface area (Å²) in [6.45, 7) is 0. The van der Waals surface area contributed by atoms with Gasteiger partial charge in [0.05, 0.1) is 23.6 Å². The summed E-state index contributed by atoms with van der Waals surface area (Å²) in [5, 5.41) is 20.9. The summed E-state index contributed by atoms with van der Waals surface area (Å²) in [5.41, 5.74) is 1.44. The maximum Gasteiger partial charge on any atom is 0.341 e. The molecule has 0 saturated carbocycles. The number of nitrogens with zero attached hydrogens (tertiary/aromatic N) is 6. The van der Waals surface area contributed by atoms with Crippen molar-refractivity contribution in [3.05, 3.63) is 99.1 Å². The predicted molar refractivity (Wildman–Crippen MR) is 138 cm³/mol. The fraction of sp³-hybridized carbons (Fsp3) is 0.120. The van der Waals surface area contributed by atoms with Crippen molar-refractivity contribution < 1.29 is 18.7 Å². The molecule has 2 aromatic carbocycles. The zero-order valence-electron chi connectivity index (χ0n) is 19.7. The number of carbonyl (C=O) groups is 1. The van der Waals surface area contributed by atoms with Gasteiger partial charge in [0.2, 0.25) is 0 Å². The molecule has 0 unspecified atom stereocenters. The molecule has 0 bridgehead atoms. The number of aryl methyl sites for hydroxylation is 1. The lowest BCUT2D eigenvalue weighted by Crippen LogP contribution is -2.23. The predicted octanol–water partition coefficient (Wildman–Crippen LogP) is 4.47. The lowest BCUT2D eigenvalue weighted by molar-refractivity contribution is 0.0686. The van der Waals surface area contributed by atoms with Gasteiger partial charge in [-0.2, -0.15) is 4.68 Å². The third-order valence-electron chi connectivity index (χ3n) is 6.51. The SMILES string of the molecule is Cl.O=C(O)c1c(F)ccc(-c2cnc([C@@H]3CCc4cc(-c5cc(Cl)ccc5-n5cnnn5)cc(=O)n43)[nH]2)c1F. The number of carboxylic acids is 1. The third-order valence-corrected chi connectivity index (χ3v) is 6.74. The molecule has 1 aliphatic heterocycles. The maximum absolute atomic E-state index is 14.8. The van der Waals surface area contributed by atoms with Crippen LogP contribution in [0.1, 0.15) is 34.3 Å². The molecule has 39 heavy (non-hydrogen) atoms. The van der Waals surface area contributed by atoms with Crippen LogP contribution in [0, 0.1) is 11.6 Å². The van der Waals surface area contributed by atoms with Crippen molar-refractivity contribution in [2.24, 2.45) is 0 Å². The molecule has 0 fully saturated rings. The van der Waals surface area contributed by atoms with Gasteiger partial charge in [-0.1, -0.05) is 11.6 Å². The highest BCUT2D eigenvalue weighted by molar-refractivity contribution is 6.31. The molecule has 0 spiro atoms. The van der Waals surface area contributed by atoms with E-state index in [2.05, 4.69) is 25.5 Å². The molecule has 14 heteroatoms. The second kappa shape index (κ2) is 10.0. The summed E-state index contributed by atoms with van der Waals surface area (Å²) in [4.78, 5) is 31.9. The van der Waals surface area contributed by atoms with E-state index in [1.165, 1.54) is 23.3 Å². The van der Waals surface area contributed by atoms with E-state index < -0.39 is 29.2 Å². The fourth-order valence-electron chi connectivity index (χ4n) is 4.82. The molecule has 1 aliphatic rings. The Kier molecular flexibility index (Phi) is 6.74. The summed E-state index contributed by atoms with van der Waals surface area (Å²) in [6, 6.07) is 10.2. The highest BCUT2D eigenvalue weighted by Gasteiger charge is 2.29. The Morgan fingerprint density at radius 3 is 2.69 bits per heavy atom. The standard InChI is InChI=1S/C25H16ClF2N7O3.ClH/c26-13-1-5-19(34-11-30-32-33-34)16(9-13)12-7-14-2-6-20(35(14)21(36)8-12)24-29-10-18(31-24)15-3-4-17(27)22(23(15)28)25(37)38;/h1,3-5,7-11,20H,2,6H2,(H,29,31)(H,37,38);1H/t20-;/m0./s1. The molecule has 5 aromatic rings. The molecule has 0 saturated heterocycles. The van der Waals surface area contributed by atoms with Gasteiger partial charge < -0.3 is 14.7 Å². The van der Waals surface area contributed by atoms with Gasteiger partial charge in [-0.3, -0.25) is 4.79 Å². The monoisotopic (exact) mass is 571 g/mol. The number of tetrazole rings is 1. The molecular weight excluding hydrogens is 555 g/mol. The molecular formula is C25H17Cl2F2N7O3. The molecule has 4 heterocycles. The average molecular weight is 572 g/mol. The van der Waals surface area contributed by atoms with Gasteiger partial charge in [0.25, 0.3) is 5.56 Å². The van der Waals surface area contributed by atoms with Crippen LogP contribution in [-0.4, -0.2) is 45.8 Å². The second-order valence-electron chi connectivity index (χ2n) is 8.69. The van der Waals surface area contributed by atoms with E-state index in [1.54, 1.807) is 22.8 Å². The van der Waals surface area contributed by atoms with Gasteiger partial charge in [0.15, 0.2) is 0 Å². The molecule has 0 amide bonds. The summed E-state index contributed by atoms with van der Waals surface area (Å²) < 4.78 is 31.7. The van der Waals surface area contributed by atoms with E-state index in [4.69, 9.17) is 16.7 Å². The number of fused-ring (bicyclic) bond motifs is 1. The van der Waals surface area contributed by atoms with Crippen molar-refractivity contribution in [1.29, 1.82) is 0 Å². The number of hydrogen-bond acceptors (Lipinski definition) is 6. The van der Waals surface area contributed by atoms with Crippen molar-refractivity contribution in [2.75, 3.05) is 0 Å². The molecule has 2 N–H and O–H groups in total. The van der Waals surface area contributed by atoms with Gasteiger partial charge in [-0.25, -0.2) is 18.6 Å². The summed E-state index contributed by atoms with van der Waals surface area (Å²) >= 11 is 6.25. The topological polar surface area (TPSA) is 132 Å². The lowest BCUT2D eigenvalue weighted by Gasteiger charge is -2.15. The van der Waals surface area contributed by atoms with E-state index in [-0.39, 0.29) is 29.2 Å². The Morgan fingerprint density at radius 2 is 1.95 bits per heavy atom. The number of hydrogen-bond donors (Lipinski definition) is 2. The maximum atomic E-state index is 14.8. The van der Waals surface area contributed by atoms with Crippen LogP contribution in [0.5, 0.6) is 0 Å². The van der Waals surface area contributed by atoms with Gasteiger partial charge in [-0.05, 0) is 65.2 Å². The molecule has 0 aliphatic carbocycles. The first-order valence-electron chi connectivity index (χ1n) is 11.4. The zero-order valence-corrected chi connectivity index (χ0v) is 21.2. The van der Waals surface area contributed by atoms with Crippen molar-refractivity contribution in [3.63, 3.8) is 0 Å². The van der Waals surface area contributed by atoms with Crippen LogP contribution >= 0.6 is 24.0 Å². The van der Waals surface area contributed by atoms with Crippen molar-refractivity contribution in [1.82, 2.24) is 34.7 Å². The number of aromatic carboxylic acids is 1. The number of halogens is 4. The Labute approximate surface area is 229 Å². The number of aromatic nitrogens is 7. The van der Waals surface area contributed by atoms with Crippen LogP contribution in [0.3, 0.4) is 0 Å². The minimum atomic E-state index is -1.71. The molecule has 3 aromatic heterocycles. The lowest BCUT2D eigenvalue weighted by atomic mass is 10.0. The molecule has 10 nitrogen and oxygen atoms in total. The highest BCUT2D eigenvalue weighted by Crippen LogP contribution is 2.35. The van der Waals surface area contributed by atoms with E-state index in [9.17, 15) is 18.4 Å². The molecule has 6 rings (SSSR count). The first kappa shape index (κ1) is 26.2. The first-order valence-corrected chi connectivity index (χ1v) is 11.7.